The van der Waals surface area contributed by atoms with Gasteiger partial charge in [-0.3, -0.25) is 9.59 Å². The molecule has 0 radical (unpaired) electrons. The van der Waals surface area contributed by atoms with Crippen molar-refractivity contribution in [2.24, 2.45) is 0 Å². The molecule has 0 aliphatic heterocycles. The molecule has 0 atom stereocenters. The molecule has 1 N–H and O–H groups in total. The first-order valence-electron chi connectivity index (χ1n) is 5.11. The number of hydrogen-bond donors (Lipinski definition) is 1. The second-order valence-corrected chi connectivity index (χ2v) is 3.53. The molecule has 1 rings (SSSR count). The van der Waals surface area contributed by atoms with Gasteiger partial charge in [-0.25, -0.2) is 0 Å². The van der Waals surface area contributed by atoms with Gasteiger partial charge in [0.2, 0.25) is 5.91 Å². The molecule has 92 valence electrons. The number of hydrogen-bond acceptors (Lipinski definition) is 3. The Hall–Kier alpha value is -1.94. The van der Waals surface area contributed by atoms with Gasteiger partial charge >= 0.3 is 0 Å². The molecule has 1 amide bonds. The van der Waals surface area contributed by atoms with Crippen molar-refractivity contribution in [3.8, 4) is 0 Å². The van der Waals surface area contributed by atoms with E-state index in [0.29, 0.717) is 17.8 Å². The molecule has 0 heterocycles. The van der Waals surface area contributed by atoms with E-state index in [-0.39, 0.29) is 5.91 Å². The van der Waals surface area contributed by atoms with Gasteiger partial charge in [-0.1, -0.05) is 12.1 Å². The van der Waals surface area contributed by atoms with Crippen LogP contribution in [0.4, 0.5) is 5.69 Å². The Labute approximate surface area is 102 Å². The van der Waals surface area contributed by atoms with E-state index in [2.05, 4.69) is 18.5 Å². The molecule has 4 heteroatoms. The minimum Gasteiger partial charge on any atom is -0.325 e. The molecular weight excluding hydrogens is 216 g/mol. The highest BCUT2D eigenvalue weighted by Crippen LogP contribution is 2.08. The van der Waals surface area contributed by atoms with Crippen molar-refractivity contribution < 1.29 is 9.59 Å². The number of rotatable bonds is 4. The average molecular weight is 234 g/mol. The maximum atomic E-state index is 11.4. The predicted octanol–water partition coefficient (Wildman–Crippen LogP) is 1.80. The van der Waals surface area contributed by atoms with Crippen LogP contribution < -0.4 is 5.32 Å². The summed E-state index contributed by atoms with van der Waals surface area (Å²) in [5, 5.41) is 2.71. The second-order valence-electron chi connectivity index (χ2n) is 3.53. The van der Waals surface area contributed by atoms with Gasteiger partial charge in [0.05, 0.1) is 6.54 Å². The largest absolute Gasteiger partial charge is 0.325 e. The molecule has 0 aromatic heterocycles. The summed E-state index contributed by atoms with van der Waals surface area (Å²) in [5.41, 5.74) is 1.20. The molecule has 0 spiro atoms. The lowest BCUT2D eigenvalue weighted by Crippen LogP contribution is -2.27. The molecule has 0 aliphatic carbocycles. The zero-order valence-corrected chi connectivity index (χ0v) is 10.3. The molecule has 1 aromatic carbocycles. The fraction of sp³-hybridized carbons (Fsp3) is 0.231. The molecule has 4 nitrogen and oxygen atoms in total. The molecule has 0 saturated heterocycles. The summed E-state index contributed by atoms with van der Waals surface area (Å²) in [6, 6.07) is 6.81. The average Bonchev–Trinajstić information content (AvgIpc) is 2.30. The predicted molar refractivity (Wildman–Crippen MR) is 70.3 cm³/mol. The first-order chi connectivity index (χ1) is 8.11. The van der Waals surface area contributed by atoms with Gasteiger partial charge in [0.1, 0.15) is 6.29 Å². The van der Waals surface area contributed by atoms with Gasteiger partial charge in [0, 0.05) is 11.3 Å². The van der Waals surface area contributed by atoms with Gasteiger partial charge in [-0.15, -0.1) is 13.2 Å². The highest BCUT2D eigenvalue weighted by atomic mass is 16.2. The number of carbonyl (C=O) groups excluding carboxylic acids is 2. The van der Waals surface area contributed by atoms with Crippen molar-refractivity contribution in [1.29, 1.82) is 0 Å². The smallest absolute Gasteiger partial charge is 0.238 e. The number of aldehydes is 1. The Morgan fingerprint density at radius 1 is 1.41 bits per heavy atom. The van der Waals surface area contributed by atoms with E-state index in [0.717, 1.165) is 6.29 Å². The van der Waals surface area contributed by atoms with Crippen LogP contribution in [0.15, 0.2) is 37.4 Å². The molecule has 0 fully saturated rings. The highest BCUT2D eigenvalue weighted by molar-refractivity contribution is 5.93. The summed E-state index contributed by atoms with van der Waals surface area (Å²) in [7, 11) is 3.64. The Balaban J connectivity index is 0.00000121. The van der Waals surface area contributed by atoms with Crippen LogP contribution in [0.25, 0.3) is 0 Å². The monoisotopic (exact) mass is 234 g/mol. The summed E-state index contributed by atoms with van der Waals surface area (Å²) in [4.78, 5) is 23.7. The zero-order chi connectivity index (χ0) is 13.3. The van der Waals surface area contributed by atoms with E-state index in [1.54, 1.807) is 29.2 Å². The zero-order valence-electron chi connectivity index (χ0n) is 10.3. The van der Waals surface area contributed by atoms with E-state index in [9.17, 15) is 9.59 Å². The number of benzene rings is 1. The van der Waals surface area contributed by atoms with Crippen LogP contribution >= 0.6 is 0 Å². The Morgan fingerprint density at radius 3 is 2.59 bits per heavy atom. The van der Waals surface area contributed by atoms with Crippen molar-refractivity contribution in [2.45, 2.75) is 0 Å². The summed E-state index contributed by atoms with van der Waals surface area (Å²) in [5.74, 6) is -0.0944. The standard InChI is InChI=1S/C11H14N2O2.C2H4/c1-13(2)7-11(15)12-10-5-3-4-9(6-10)8-14;1-2/h3-6,8H,7H2,1-2H3,(H,12,15);1-2H2. The molecular formula is C13H18N2O2. The maximum absolute atomic E-state index is 11.4. The number of carbonyl (C=O) groups is 2. The molecule has 1 aromatic rings. The van der Waals surface area contributed by atoms with Crippen LogP contribution in [0, 0.1) is 0 Å². The van der Waals surface area contributed by atoms with Crippen LogP contribution in [0.3, 0.4) is 0 Å². The third-order valence-corrected chi connectivity index (χ3v) is 1.77. The van der Waals surface area contributed by atoms with Crippen LogP contribution in [0.2, 0.25) is 0 Å². The molecule has 0 saturated carbocycles. The maximum Gasteiger partial charge on any atom is 0.238 e. The van der Waals surface area contributed by atoms with Gasteiger partial charge in [-0.05, 0) is 26.2 Å². The summed E-state index contributed by atoms with van der Waals surface area (Å²) in [6.45, 7) is 6.32. The lowest BCUT2D eigenvalue weighted by molar-refractivity contribution is -0.116. The van der Waals surface area contributed by atoms with Crippen LogP contribution in [-0.2, 0) is 4.79 Å². The Morgan fingerprint density at radius 2 is 2.06 bits per heavy atom. The number of likely N-dealkylation sites (N-methyl/N-ethyl adjacent to an activating group) is 1. The number of anilines is 1. The third kappa shape index (κ3) is 6.27. The lowest BCUT2D eigenvalue weighted by Gasteiger charge is -2.10. The minimum absolute atomic E-state index is 0.0944. The normalized spacial score (nSPS) is 9.12. The Bertz CT molecular complexity index is 375. The van der Waals surface area contributed by atoms with E-state index in [1.807, 2.05) is 14.1 Å². The van der Waals surface area contributed by atoms with Crippen molar-refractivity contribution in [3.63, 3.8) is 0 Å². The lowest BCUT2D eigenvalue weighted by atomic mass is 10.2. The summed E-state index contributed by atoms with van der Waals surface area (Å²) >= 11 is 0. The number of amides is 1. The Kier molecular flexibility index (Phi) is 7.30. The third-order valence-electron chi connectivity index (χ3n) is 1.77. The number of nitrogens with zero attached hydrogens (tertiary/aromatic N) is 1. The highest BCUT2D eigenvalue weighted by Gasteiger charge is 2.03. The fourth-order valence-corrected chi connectivity index (χ4v) is 1.18. The van der Waals surface area contributed by atoms with Crippen molar-refractivity contribution in [1.82, 2.24) is 4.90 Å². The van der Waals surface area contributed by atoms with Crippen molar-refractivity contribution in [3.05, 3.63) is 43.0 Å². The van der Waals surface area contributed by atoms with E-state index in [4.69, 9.17) is 0 Å². The first kappa shape index (κ1) is 15.1. The van der Waals surface area contributed by atoms with Crippen molar-refractivity contribution >= 4 is 17.9 Å². The fourth-order valence-electron chi connectivity index (χ4n) is 1.18. The first-order valence-corrected chi connectivity index (χ1v) is 5.11. The van der Waals surface area contributed by atoms with Crippen LogP contribution in [-0.4, -0.2) is 37.7 Å². The number of nitrogens with one attached hydrogen (secondary N) is 1. The summed E-state index contributed by atoms with van der Waals surface area (Å²) in [6.07, 6.45) is 0.752. The van der Waals surface area contributed by atoms with E-state index >= 15 is 0 Å². The van der Waals surface area contributed by atoms with Gasteiger partial charge < -0.3 is 10.2 Å². The molecule has 0 aliphatic rings. The van der Waals surface area contributed by atoms with Gasteiger partial charge in [-0.2, -0.15) is 0 Å². The summed E-state index contributed by atoms with van der Waals surface area (Å²) < 4.78 is 0. The molecule has 17 heavy (non-hydrogen) atoms. The molecule has 0 unspecified atom stereocenters. The van der Waals surface area contributed by atoms with Crippen LogP contribution in [0.5, 0.6) is 0 Å². The van der Waals surface area contributed by atoms with Crippen LogP contribution in [0.1, 0.15) is 10.4 Å². The van der Waals surface area contributed by atoms with E-state index in [1.165, 1.54) is 0 Å². The van der Waals surface area contributed by atoms with Gasteiger partial charge in [0.25, 0.3) is 0 Å². The minimum atomic E-state index is -0.0944. The van der Waals surface area contributed by atoms with Gasteiger partial charge in [0.15, 0.2) is 0 Å². The van der Waals surface area contributed by atoms with Crippen molar-refractivity contribution in [2.75, 3.05) is 26.0 Å². The quantitative estimate of drug-likeness (QED) is 0.638. The SMILES string of the molecule is C=C.CN(C)CC(=O)Nc1cccc(C=O)c1. The second kappa shape index (κ2) is 8.24. The van der Waals surface area contributed by atoms with E-state index < -0.39 is 0 Å². The topological polar surface area (TPSA) is 49.4 Å². The molecule has 0 bridgehead atoms.